The Morgan fingerprint density at radius 3 is 2.41 bits per heavy atom. The van der Waals surface area contributed by atoms with Crippen molar-refractivity contribution < 1.29 is 9.21 Å². The van der Waals surface area contributed by atoms with Gasteiger partial charge in [0.05, 0.1) is 12.6 Å². The van der Waals surface area contributed by atoms with Gasteiger partial charge in [0.15, 0.2) is 5.78 Å². The molecule has 3 rings (SSSR count). The van der Waals surface area contributed by atoms with Crippen LogP contribution < -0.4 is 0 Å². The third-order valence-corrected chi connectivity index (χ3v) is 3.18. The molecule has 3 aromatic rings. The van der Waals surface area contributed by atoms with Crippen LogP contribution >= 0.6 is 0 Å². The normalized spacial score (nSPS) is 10.9. The van der Waals surface area contributed by atoms with Crippen molar-refractivity contribution in [2.75, 3.05) is 0 Å². The number of nitrogens with zero attached hydrogens (tertiary/aromatic N) is 1. The lowest BCUT2D eigenvalue weighted by Gasteiger charge is -1.94. The van der Waals surface area contributed by atoms with Crippen LogP contribution in [-0.4, -0.2) is 10.8 Å². The van der Waals surface area contributed by atoms with Gasteiger partial charge in [-0.05, 0) is 23.8 Å². The highest BCUT2D eigenvalue weighted by Crippen LogP contribution is 2.18. The van der Waals surface area contributed by atoms with Gasteiger partial charge >= 0.3 is 0 Å². The van der Waals surface area contributed by atoms with E-state index in [9.17, 15) is 4.79 Å². The molecule has 22 heavy (non-hydrogen) atoms. The number of carbonyl (C=O) groups is 1. The van der Waals surface area contributed by atoms with Crippen molar-refractivity contribution in [1.29, 1.82) is 0 Å². The number of hydrogen-bond acceptors (Lipinski definition) is 3. The molecule has 0 amide bonds. The monoisotopic (exact) mass is 289 g/mol. The van der Waals surface area contributed by atoms with Gasteiger partial charge in [-0.25, -0.2) is 4.98 Å². The highest BCUT2D eigenvalue weighted by atomic mass is 16.4. The quantitative estimate of drug-likeness (QED) is 0.662. The van der Waals surface area contributed by atoms with Crippen LogP contribution in [0.15, 0.2) is 77.4 Å². The molecule has 0 radical (unpaired) electrons. The SMILES string of the molecule is O=C(/C=C/c1ccccc1)Cc1cnc(-c2ccccc2)o1. The lowest BCUT2D eigenvalue weighted by atomic mass is 10.1. The van der Waals surface area contributed by atoms with Crippen LogP contribution in [0.25, 0.3) is 17.5 Å². The molecular formula is C19H15NO2. The Morgan fingerprint density at radius 2 is 1.68 bits per heavy atom. The summed E-state index contributed by atoms with van der Waals surface area (Å²) in [5.41, 5.74) is 1.90. The minimum absolute atomic E-state index is 0.0142. The van der Waals surface area contributed by atoms with Crippen molar-refractivity contribution in [3.8, 4) is 11.5 Å². The highest BCUT2D eigenvalue weighted by Gasteiger charge is 2.08. The van der Waals surface area contributed by atoms with Crippen molar-refractivity contribution >= 4 is 11.9 Å². The van der Waals surface area contributed by atoms with E-state index in [1.165, 1.54) is 0 Å². The molecule has 0 bridgehead atoms. The number of hydrogen-bond donors (Lipinski definition) is 0. The van der Waals surface area contributed by atoms with E-state index >= 15 is 0 Å². The van der Waals surface area contributed by atoms with Crippen LogP contribution in [0, 0.1) is 0 Å². The number of benzene rings is 2. The van der Waals surface area contributed by atoms with Gasteiger partial charge in [0, 0.05) is 5.56 Å². The molecule has 0 aliphatic heterocycles. The number of carbonyl (C=O) groups excluding carboxylic acids is 1. The molecular weight excluding hydrogens is 274 g/mol. The summed E-state index contributed by atoms with van der Waals surface area (Å²) in [7, 11) is 0. The first-order valence-electron chi connectivity index (χ1n) is 7.07. The first-order valence-corrected chi connectivity index (χ1v) is 7.07. The van der Waals surface area contributed by atoms with Gasteiger partial charge in [-0.2, -0.15) is 0 Å². The summed E-state index contributed by atoms with van der Waals surface area (Å²) < 4.78 is 5.63. The molecule has 0 spiro atoms. The van der Waals surface area contributed by atoms with Gasteiger partial charge in [-0.3, -0.25) is 4.79 Å². The second-order valence-corrected chi connectivity index (χ2v) is 4.88. The van der Waals surface area contributed by atoms with Crippen molar-refractivity contribution in [2.24, 2.45) is 0 Å². The molecule has 0 aliphatic rings. The molecule has 0 N–H and O–H groups in total. The fourth-order valence-corrected chi connectivity index (χ4v) is 2.09. The lowest BCUT2D eigenvalue weighted by Crippen LogP contribution is -1.96. The zero-order valence-electron chi connectivity index (χ0n) is 12.0. The zero-order chi connectivity index (χ0) is 15.2. The van der Waals surface area contributed by atoms with Gasteiger partial charge < -0.3 is 4.42 Å². The topological polar surface area (TPSA) is 43.1 Å². The summed E-state index contributed by atoms with van der Waals surface area (Å²) in [5.74, 6) is 1.09. The summed E-state index contributed by atoms with van der Waals surface area (Å²) in [6.45, 7) is 0. The average Bonchev–Trinajstić information content (AvgIpc) is 3.03. The van der Waals surface area contributed by atoms with Crippen molar-refractivity contribution in [1.82, 2.24) is 4.98 Å². The minimum atomic E-state index is -0.0142. The van der Waals surface area contributed by atoms with Crippen molar-refractivity contribution in [2.45, 2.75) is 6.42 Å². The predicted octanol–water partition coefficient (Wildman–Crippen LogP) is 4.17. The van der Waals surface area contributed by atoms with E-state index in [4.69, 9.17) is 4.42 Å². The summed E-state index contributed by atoms with van der Waals surface area (Å²) >= 11 is 0. The number of allylic oxidation sites excluding steroid dienone is 1. The molecule has 0 saturated carbocycles. The molecule has 1 aromatic heterocycles. The van der Waals surface area contributed by atoms with Crippen LogP contribution in [0.1, 0.15) is 11.3 Å². The molecule has 108 valence electrons. The third kappa shape index (κ3) is 3.58. The fraction of sp³-hybridized carbons (Fsp3) is 0.0526. The Morgan fingerprint density at radius 1 is 1.00 bits per heavy atom. The van der Waals surface area contributed by atoms with Gasteiger partial charge in [0.1, 0.15) is 5.76 Å². The summed E-state index contributed by atoms with van der Waals surface area (Å²) in [6.07, 6.45) is 5.19. The Labute approximate surface area is 128 Å². The van der Waals surface area contributed by atoms with Crippen LogP contribution in [0.4, 0.5) is 0 Å². The number of aromatic nitrogens is 1. The maximum absolute atomic E-state index is 12.0. The molecule has 0 fully saturated rings. The van der Waals surface area contributed by atoms with E-state index < -0.39 is 0 Å². The second kappa shape index (κ2) is 6.68. The Balaban J connectivity index is 1.65. The van der Waals surface area contributed by atoms with E-state index in [0.29, 0.717) is 11.7 Å². The smallest absolute Gasteiger partial charge is 0.226 e. The van der Waals surface area contributed by atoms with Crippen LogP contribution in [0.2, 0.25) is 0 Å². The number of oxazole rings is 1. The van der Waals surface area contributed by atoms with E-state index in [1.807, 2.05) is 60.7 Å². The van der Waals surface area contributed by atoms with E-state index in [-0.39, 0.29) is 12.2 Å². The molecule has 3 heteroatoms. The third-order valence-electron chi connectivity index (χ3n) is 3.18. The summed E-state index contributed by atoms with van der Waals surface area (Å²) in [4.78, 5) is 16.2. The second-order valence-electron chi connectivity index (χ2n) is 4.88. The zero-order valence-corrected chi connectivity index (χ0v) is 12.0. The first kappa shape index (κ1) is 14.0. The Kier molecular flexibility index (Phi) is 4.25. The van der Waals surface area contributed by atoms with Crippen LogP contribution in [0.3, 0.4) is 0 Å². The van der Waals surface area contributed by atoms with Gasteiger partial charge in [0.2, 0.25) is 5.89 Å². The first-order chi connectivity index (χ1) is 10.8. The van der Waals surface area contributed by atoms with Gasteiger partial charge in [-0.1, -0.05) is 54.6 Å². The highest BCUT2D eigenvalue weighted by molar-refractivity contribution is 5.94. The largest absolute Gasteiger partial charge is 0.441 e. The molecule has 3 nitrogen and oxygen atoms in total. The summed E-state index contributed by atoms with van der Waals surface area (Å²) in [6, 6.07) is 19.3. The molecule has 0 unspecified atom stereocenters. The van der Waals surface area contributed by atoms with Gasteiger partial charge in [0.25, 0.3) is 0 Å². The van der Waals surface area contributed by atoms with Crippen molar-refractivity contribution in [3.05, 3.63) is 84.3 Å². The fourth-order valence-electron chi connectivity index (χ4n) is 2.09. The number of rotatable bonds is 5. The lowest BCUT2D eigenvalue weighted by molar-refractivity contribution is -0.114. The minimum Gasteiger partial charge on any atom is -0.441 e. The molecule has 0 saturated heterocycles. The molecule has 0 aliphatic carbocycles. The molecule has 2 aromatic carbocycles. The predicted molar refractivity (Wildman–Crippen MR) is 86.1 cm³/mol. The van der Waals surface area contributed by atoms with Crippen LogP contribution in [0.5, 0.6) is 0 Å². The maximum Gasteiger partial charge on any atom is 0.226 e. The summed E-state index contributed by atoms with van der Waals surface area (Å²) in [5, 5.41) is 0. The van der Waals surface area contributed by atoms with E-state index in [0.717, 1.165) is 11.1 Å². The average molecular weight is 289 g/mol. The Hall–Kier alpha value is -2.94. The standard InChI is InChI=1S/C19H15NO2/c21-17(12-11-15-7-3-1-4-8-15)13-18-14-20-19(22-18)16-9-5-2-6-10-16/h1-12,14H,13H2/b12-11+. The van der Waals surface area contributed by atoms with Crippen LogP contribution in [-0.2, 0) is 11.2 Å². The van der Waals surface area contributed by atoms with E-state index in [1.54, 1.807) is 18.3 Å². The number of ketones is 1. The molecule has 1 heterocycles. The Bertz CT molecular complexity index is 773. The van der Waals surface area contributed by atoms with Crippen molar-refractivity contribution in [3.63, 3.8) is 0 Å². The van der Waals surface area contributed by atoms with Gasteiger partial charge in [-0.15, -0.1) is 0 Å². The molecule has 0 atom stereocenters. The van der Waals surface area contributed by atoms with E-state index in [2.05, 4.69) is 4.98 Å². The maximum atomic E-state index is 12.0.